The highest BCUT2D eigenvalue weighted by molar-refractivity contribution is 5.93. The Balaban J connectivity index is 1.40. The molecule has 1 aliphatic rings. The summed E-state index contributed by atoms with van der Waals surface area (Å²) < 4.78 is 39.2. The van der Waals surface area contributed by atoms with Gasteiger partial charge in [-0.15, -0.1) is 0 Å². The van der Waals surface area contributed by atoms with Crippen LogP contribution in [0.15, 0.2) is 55.0 Å². The van der Waals surface area contributed by atoms with Crippen LogP contribution >= 0.6 is 0 Å². The van der Waals surface area contributed by atoms with Gasteiger partial charge in [-0.2, -0.15) is 18.3 Å². The minimum Gasteiger partial charge on any atom is -0.368 e. The van der Waals surface area contributed by atoms with Crippen molar-refractivity contribution in [1.29, 1.82) is 0 Å². The van der Waals surface area contributed by atoms with Crippen molar-refractivity contribution >= 4 is 22.4 Å². The Morgan fingerprint density at radius 2 is 1.72 bits per heavy atom. The minimum absolute atomic E-state index is 0.588. The predicted octanol–water partition coefficient (Wildman–Crippen LogP) is 4.67. The first-order valence-corrected chi connectivity index (χ1v) is 10.3. The highest BCUT2D eigenvalue weighted by Gasteiger charge is 2.31. The van der Waals surface area contributed by atoms with Gasteiger partial charge in [-0.3, -0.25) is 5.10 Å². The maximum Gasteiger partial charge on any atom is 0.416 e. The largest absolute Gasteiger partial charge is 0.416 e. The molecule has 0 spiro atoms. The third-order valence-electron chi connectivity index (χ3n) is 5.87. The molecule has 6 nitrogen and oxygen atoms in total. The molecule has 5 rings (SSSR count). The first kappa shape index (κ1) is 20.3. The maximum atomic E-state index is 13.1. The van der Waals surface area contributed by atoms with Crippen LogP contribution in [0.1, 0.15) is 11.3 Å². The van der Waals surface area contributed by atoms with E-state index in [2.05, 4.69) is 31.1 Å². The van der Waals surface area contributed by atoms with Gasteiger partial charge in [-0.25, -0.2) is 9.97 Å². The lowest BCUT2D eigenvalue weighted by Crippen LogP contribution is -2.47. The van der Waals surface area contributed by atoms with Gasteiger partial charge < -0.3 is 9.80 Å². The van der Waals surface area contributed by atoms with Gasteiger partial charge in [0, 0.05) is 48.5 Å². The summed E-state index contributed by atoms with van der Waals surface area (Å²) in [6.45, 7) is 4.48. The molecule has 0 bridgehead atoms. The molecule has 0 atom stereocenters. The number of benzene rings is 2. The number of piperazine rings is 1. The van der Waals surface area contributed by atoms with Gasteiger partial charge in [0.1, 0.15) is 12.1 Å². The smallest absolute Gasteiger partial charge is 0.368 e. The van der Waals surface area contributed by atoms with Crippen LogP contribution in [-0.2, 0) is 6.18 Å². The number of anilines is 2. The third-order valence-corrected chi connectivity index (χ3v) is 5.87. The number of aryl methyl sites for hydroxylation is 1. The van der Waals surface area contributed by atoms with E-state index in [-0.39, 0.29) is 0 Å². The number of rotatable bonds is 3. The molecule has 0 aliphatic carbocycles. The topological polar surface area (TPSA) is 60.9 Å². The number of nitrogens with zero attached hydrogens (tertiary/aromatic N) is 5. The Labute approximate surface area is 182 Å². The van der Waals surface area contributed by atoms with Crippen molar-refractivity contribution < 1.29 is 13.2 Å². The van der Waals surface area contributed by atoms with Crippen LogP contribution < -0.4 is 9.80 Å². The van der Waals surface area contributed by atoms with Crippen LogP contribution in [0.3, 0.4) is 0 Å². The highest BCUT2D eigenvalue weighted by atomic mass is 19.4. The summed E-state index contributed by atoms with van der Waals surface area (Å²) in [4.78, 5) is 13.1. The molecule has 1 aliphatic heterocycles. The van der Waals surface area contributed by atoms with Crippen LogP contribution in [0.25, 0.3) is 22.0 Å². The molecule has 0 amide bonds. The lowest BCUT2D eigenvalue weighted by atomic mass is 10.0. The summed E-state index contributed by atoms with van der Waals surface area (Å²) >= 11 is 0. The van der Waals surface area contributed by atoms with Gasteiger partial charge >= 0.3 is 6.18 Å². The lowest BCUT2D eigenvalue weighted by Gasteiger charge is -2.37. The number of hydrogen-bond acceptors (Lipinski definition) is 5. The number of halogens is 3. The Morgan fingerprint density at radius 1 is 0.938 bits per heavy atom. The molecule has 2 aromatic carbocycles. The first-order valence-electron chi connectivity index (χ1n) is 10.3. The zero-order chi connectivity index (χ0) is 22.3. The molecule has 164 valence electrons. The van der Waals surface area contributed by atoms with E-state index in [0.717, 1.165) is 39.6 Å². The molecule has 4 aromatic rings. The number of aromatic nitrogens is 4. The van der Waals surface area contributed by atoms with Crippen LogP contribution in [0.4, 0.5) is 24.7 Å². The fourth-order valence-corrected chi connectivity index (χ4v) is 4.16. The SMILES string of the molecule is Cc1[nH]ncc1-c1ccc2ncnc(N3CCN(c4cccc(C(F)(F)F)c4)CC3)c2c1. The number of H-pyrrole nitrogens is 1. The monoisotopic (exact) mass is 438 g/mol. The van der Waals surface area contributed by atoms with E-state index in [1.54, 1.807) is 18.6 Å². The van der Waals surface area contributed by atoms with Gasteiger partial charge in [0.25, 0.3) is 0 Å². The zero-order valence-electron chi connectivity index (χ0n) is 17.4. The summed E-state index contributed by atoms with van der Waals surface area (Å²) in [5.41, 5.74) is 3.85. The zero-order valence-corrected chi connectivity index (χ0v) is 17.4. The summed E-state index contributed by atoms with van der Waals surface area (Å²) in [6.07, 6.45) is -0.990. The molecule has 3 heterocycles. The van der Waals surface area contributed by atoms with Crippen LogP contribution in [0.2, 0.25) is 0 Å². The number of hydrogen-bond donors (Lipinski definition) is 1. The summed E-state index contributed by atoms with van der Waals surface area (Å²) in [7, 11) is 0. The molecular formula is C23H21F3N6. The van der Waals surface area contributed by atoms with Crippen LogP contribution in [-0.4, -0.2) is 46.3 Å². The molecule has 0 unspecified atom stereocenters. The summed E-state index contributed by atoms with van der Waals surface area (Å²) in [5, 5.41) is 8.01. The van der Waals surface area contributed by atoms with E-state index >= 15 is 0 Å². The van der Waals surface area contributed by atoms with Crippen molar-refractivity contribution in [2.24, 2.45) is 0 Å². The van der Waals surface area contributed by atoms with Gasteiger partial charge in [0.15, 0.2) is 0 Å². The normalized spacial score (nSPS) is 14.9. The number of aromatic amines is 1. The minimum atomic E-state index is -4.34. The molecule has 1 saturated heterocycles. The van der Waals surface area contributed by atoms with Gasteiger partial charge in [-0.1, -0.05) is 12.1 Å². The third kappa shape index (κ3) is 3.74. The second kappa shape index (κ2) is 7.81. The van der Waals surface area contributed by atoms with Crippen molar-refractivity contribution in [2.75, 3.05) is 36.0 Å². The van der Waals surface area contributed by atoms with Crippen LogP contribution in [0.5, 0.6) is 0 Å². The van der Waals surface area contributed by atoms with E-state index in [1.807, 2.05) is 24.0 Å². The molecule has 0 saturated carbocycles. The molecule has 9 heteroatoms. The van der Waals surface area contributed by atoms with Crippen molar-refractivity contribution in [3.8, 4) is 11.1 Å². The van der Waals surface area contributed by atoms with Gasteiger partial charge in [0.2, 0.25) is 0 Å². The fraction of sp³-hybridized carbons (Fsp3) is 0.261. The van der Waals surface area contributed by atoms with Gasteiger partial charge in [-0.05, 0) is 42.8 Å². The van der Waals surface area contributed by atoms with E-state index in [1.165, 1.54) is 12.1 Å². The van der Waals surface area contributed by atoms with Crippen molar-refractivity contribution in [3.63, 3.8) is 0 Å². The molecule has 2 aromatic heterocycles. The quantitative estimate of drug-likeness (QED) is 0.504. The highest BCUT2D eigenvalue weighted by Crippen LogP contribution is 2.33. The summed E-state index contributed by atoms with van der Waals surface area (Å²) in [5.74, 6) is 0.835. The molecule has 32 heavy (non-hydrogen) atoms. The Hall–Kier alpha value is -3.62. The first-order chi connectivity index (χ1) is 15.4. The van der Waals surface area contributed by atoms with E-state index in [9.17, 15) is 13.2 Å². The molecular weight excluding hydrogens is 417 g/mol. The van der Waals surface area contributed by atoms with Gasteiger partial charge in [0.05, 0.1) is 17.3 Å². The Kier molecular flexibility index (Phi) is 4.96. The molecule has 0 radical (unpaired) electrons. The van der Waals surface area contributed by atoms with E-state index in [0.29, 0.717) is 31.9 Å². The van der Waals surface area contributed by atoms with Crippen LogP contribution in [0, 0.1) is 6.92 Å². The predicted molar refractivity (Wildman–Crippen MR) is 118 cm³/mol. The number of fused-ring (bicyclic) bond motifs is 1. The number of nitrogens with one attached hydrogen (secondary N) is 1. The number of alkyl halides is 3. The Bertz CT molecular complexity index is 1260. The second-order valence-corrected chi connectivity index (χ2v) is 7.86. The van der Waals surface area contributed by atoms with E-state index < -0.39 is 11.7 Å². The second-order valence-electron chi connectivity index (χ2n) is 7.86. The Morgan fingerprint density at radius 3 is 2.44 bits per heavy atom. The molecule has 1 fully saturated rings. The van der Waals surface area contributed by atoms with Crippen molar-refractivity contribution in [2.45, 2.75) is 13.1 Å². The van der Waals surface area contributed by atoms with Crippen molar-refractivity contribution in [1.82, 2.24) is 20.2 Å². The molecule has 1 N–H and O–H groups in total. The maximum absolute atomic E-state index is 13.1. The average molecular weight is 438 g/mol. The summed E-state index contributed by atoms with van der Waals surface area (Å²) in [6, 6.07) is 11.6. The lowest BCUT2D eigenvalue weighted by molar-refractivity contribution is -0.137. The standard InChI is InChI=1S/C23H21F3N6/c1-15-20(13-29-30-15)16-5-6-21-19(11-16)22(28-14-27-21)32-9-7-31(8-10-32)18-4-2-3-17(12-18)23(24,25)26/h2-6,11-14H,7-10H2,1H3,(H,29,30). The average Bonchev–Trinajstić information content (AvgIpc) is 3.24. The fourth-order valence-electron chi connectivity index (χ4n) is 4.16. The van der Waals surface area contributed by atoms with Crippen molar-refractivity contribution in [3.05, 3.63) is 66.2 Å². The van der Waals surface area contributed by atoms with E-state index in [4.69, 9.17) is 0 Å².